The summed E-state index contributed by atoms with van der Waals surface area (Å²) < 4.78 is 6.10. The maximum absolute atomic E-state index is 13.4. The van der Waals surface area contributed by atoms with Crippen molar-refractivity contribution in [2.45, 2.75) is 175 Å². The van der Waals surface area contributed by atoms with Gasteiger partial charge in [0.15, 0.2) is 5.78 Å². The summed E-state index contributed by atoms with van der Waals surface area (Å²) in [5.74, 6) is 3.71. The van der Waals surface area contributed by atoms with E-state index in [2.05, 4.69) is 43.6 Å². The van der Waals surface area contributed by atoms with Crippen LogP contribution in [-0.2, 0) is 28.7 Å². The van der Waals surface area contributed by atoms with Crippen LogP contribution in [0.2, 0.25) is 0 Å². The second-order valence-corrected chi connectivity index (χ2v) is 19.5. The zero-order valence-corrected chi connectivity index (χ0v) is 35.8. The Hall–Kier alpha value is -2.40. The largest absolute Gasteiger partial charge is 0.481 e. The zero-order chi connectivity index (χ0) is 40.3. The number of nitrogens with one attached hydrogen (secondary N) is 3. The number of carboxylic acid groups (broad SMARTS) is 1. The quantitative estimate of drug-likeness (QED) is 0.0597. The molecule has 1 heterocycles. The van der Waals surface area contributed by atoms with Crippen LogP contribution in [0.4, 0.5) is 0 Å². The Kier molecular flexibility index (Phi) is 16.8. The van der Waals surface area contributed by atoms with Crippen LogP contribution in [0.1, 0.15) is 163 Å². The summed E-state index contributed by atoms with van der Waals surface area (Å²) in [5.41, 5.74) is 1.84. The molecule has 3 saturated carbocycles. The summed E-state index contributed by atoms with van der Waals surface area (Å²) in [4.78, 5) is 61.8. The van der Waals surface area contributed by atoms with Crippen molar-refractivity contribution >= 4 is 41.2 Å². The molecule has 0 aromatic carbocycles. The average Bonchev–Trinajstić information content (AvgIpc) is 3.80. The molecule has 1 saturated heterocycles. The molecule has 0 spiro atoms. The molecule has 0 bridgehead atoms. The Bertz CT molecular complexity index is 1420. The number of ether oxygens (including phenoxy) is 1. The number of hydrogen-bond acceptors (Lipinski definition) is 7. The van der Waals surface area contributed by atoms with Crippen molar-refractivity contribution in [2.24, 2.45) is 40.4 Å². The number of thioether (sulfide) groups is 1. The highest BCUT2D eigenvalue weighted by atomic mass is 32.2. The van der Waals surface area contributed by atoms with Gasteiger partial charge in [0.05, 0.1) is 17.1 Å². The van der Waals surface area contributed by atoms with Gasteiger partial charge in [-0.15, -0.1) is 11.8 Å². The van der Waals surface area contributed by atoms with E-state index in [9.17, 15) is 24.0 Å². The Morgan fingerprint density at radius 3 is 1.80 bits per heavy atom. The van der Waals surface area contributed by atoms with E-state index < -0.39 is 5.97 Å². The molecule has 0 aromatic rings. The van der Waals surface area contributed by atoms with Crippen molar-refractivity contribution < 1.29 is 33.8 Å². The molecule has 5 aliphatic rings. The van der Waals surface area contributed by atoms with Crippen LogP contribution in [0, 0.1) is 40.4 Å². The number of amides is 3. The van der Waals surface area contributed by atoms with E-state index in [4.69, 9.17) is 9.84 Å². The molecule has 0 aromatic heterocycles. The lowest BCUT2D eigenvalue weighted by Gasteiger charge is -2.53. The third-order valence-corrected chi connectivity index (χ3v) is 16.1. The number of ketones is 1. The predicted molar refractivity (Wildman–Crippen MR) is 222 cm³/mol. The molecule has 5 rings (SSSR count). The van der Waals surface area contributed by atoms with Crippen molar-refractivity contribution in [3.63, 3.8) is 0 Å². The van der Waals surface area contributed by atoms with Gasteiger partial charge in [-0.3, -0.25) is 24.0 Å². The SMILES string of the molecule is CC1OC1C1CCC2C3CCC4=C(SCCC(=O)NCCCCCC(=O)NCCCCCC(=O)NCCCCCC(=O)O)C(=O)CCC4(C)C3CCC(C)C21C. The van der Waals surface area contributed by atoms with Crippen LogP contribution in [0.3, 0.4) is 0 Å². The molecule has 316 valence electrons. The van der Waals surface area contributed by atoms with E-state index in [-0.39, 0.29) is 35.3 Å². The third kappa shape index (κ3) is 11.4. The van der Waals surface area contributed by atoms with Gasteiger partial charge in [-0.1, -0.05) is 40.0 Å². The van der Waals surface area contributed by atoms with E-state index in [0.29, 0.717) is 92.9 Å². The van der Waals surface area contributed by atoms with Gasteiger partial charge in [0.2, 0.25) is 17.7 Å². The fourth-order valence-corrected chi connectivity index (χ4v) is 12.8. The molecule has 0 radical (unpaired) electrons. The molecule has 10 nitrogen and oxygen atoms in total. The minimum absolute atomic E-state index is 0.0227. The van der Waals surface area contributed by atoms with Gasteiger partial charge in [0.25, 0.3) is 0 Å². The highest BCUT2D eigenvalue weighted by Crippen LogP contribution is 2.68. The second kappa shape index (κ2) is 21.0. The summed E-state index contributed by atoms with van der Waals surface area (Å²) in [7, 11) is 0. The Balaban J connectivity index is 0.925. The molecule has 9 atom stereocenters. The minimum Gasteiger partial charge on any atom is -0.481 e. The number of fused-ring (bicyclic) bond motifs is 5. The molecule has 56 heavy (non-hydrogen) atoms. The van der Waals surface area contributed by atoms with E-state index in [0.717, 1.165) is 80.9 Å². The summed E-state index contributed by atoms with van der Waals surface area (Å²) >= 11 is 1.64. The first-order valence-corrected chi connectivity index (χ1v) is 23.4. The minimum atomic E-state index is -0.783. The van der Waals surface area contributed by atoms with E-state index in [1.165, 1.54) is 37.7 Å². The van der Waals surface area contributed by atoms with Gasteiger partial charge in [-0.25, -0.2) is 0 Å². The molecular formula is C45H73N3O7S. The number of Topliss-reactive ketones (excluding diaryl/α,β-unsaturated/α-hetero) is 1. The van der Waals surface area contributed by atoms with Crippen LogP contribution in [0.5, 0.6) is 0 Å². The van der Waals surface area contributed by atoms with Gasteiger partial charge in [0, 0.05) is 57.5 Å². The van der Waals surface area contributed by atoms with Crippen LogP contribution >= 0.6 is 11.8 Å². The average molecular weight is 800 g/mol. The van der Waals surface area contributed by atoms with E-state index in [1.54, 1.807) is 11.8 Å². The number of carbonyl (C=O) groups excluding carboxylic acids is 4. The van der Waals surface area contributed by atoms with Crippen LogP contribution in [-0.4, -0.2) is 72.2 Å². The van der Waals surface area contributed by atoms with Gasteiger partial charge in [-0.05, 0) is 136 Å². The number of rotatable bonds is 23. The van der Waals surface area contributed by atoms with Crippen LogP contribution < -0.4 is 16.0 Å². The predicted octanol–water partition coefficient (Wildman–Crippen LogP) is 8.12. The first-order valence-electron chi connectivity index (χ1n) is 22.4. The van der Waals surface area contributed by atoms with Crippen LogP contribution in [0.15, 0.2) is 10.5 Å². The number of epoxide rings is 1. The topological polar surface area (TPSA) is 154 Å². The molecule has 1 aliphatic heterocycles. The summed E-state index contributed by atoms with van der Waals surface area (Å²) in [5, 5.41) is 17.5. The van der Waals surface area contributed by atoms with Gasteiger partial charge >= 0.3 is 5.97 Å². The van der Waals surface area contributed by atoms with Crippen molar-refractivity contribution in [3.05, 3.63) is 10.5 Å². The lowest BCUT2D eigenvalue weighted by atomic mass is 9.52. The zero-order valence-electron chi connectivity index (χ0n) is 35.0. The monoisotopic (exact) mass is 800 g/mol. The third-order valence-electron chi connectivity index (χ3n) is 15.0. The Labute approximate surface area is 341 Å². The molecule has 11 heteroatoms. The lowest BCUT2D eigenvalue weighted by molar-refractivity contribution is -0.137. The number of carboxylic acids is 1. The van der Waals surface area contributed by atoms with Crippen molar-refractivity contribution in [1.29, 1.82) is 0 Å². The summed E-state index contributed by atoms with van der Waals surface area (Å²) in [6.07, 6.45) is 18.6. The smallest absolute Gasteiger partial charge is 0.303 e. The first-order chi connectivity index (χ1) is 26.9. The van der Waals surface area contributed by atoms with E-state index >= 15 is 0 Å². The highest BCUT2D eigenvalue weighted by molar-refractivity contribution is 8.04. The number of hydrogen-bond donors (Lipinski definition) is 4. The molecule has 4 N–H and O–H groups in total. The fraction of sp³-hybridized carbons (Fsp3) is 0.844. The standard InChI is InChI=1S/C45H73N3O7S/c1-30-17-19-33-32(34-21-22-35(45(30,34)4)42-31(2)55-42)18-20-36-43(37(49)23-25-44(33,36)3)56-29-24-40(52)48-28-12-6-9-15-38(50)46-26-11-5-8-14-39(51)47-27-13-7-10-16-41(53)54/h30-35,42H,5-29H2,1-4H3,(H,46,50)(H,47,51)(H,48,52)(H,53,54). The maximum Gasteiger partial charge on any atom is 0.303 e. The van der Waals surface area contributed by atoms with Crippen molar-refractivity contribution in [3.8, 4) is 0 Å². The Morgan fingerprint density at radius 2 is 1.23 bits per heavy atom. The number of aliphatic carboxylic acids is 1. The van der Waals surface area contributed by atoms with Crippen molar-refractivity contribution in [1.82, 2.24) is 16.0 Å². The van der Waals surface area contributed by atoms with Crippen molar-refractivity contribution in [2.75, 3.05) is 25.4 Å². The first kappa shape index (κ1) is 44.7. The molecule has 3 amide bonds. The lowest BCUT2D eigenvalue weighted by Crippen LogP contribution is -2.46. The Morgan fingerprint density at radius 1 is 0.696 bits per heavy atom. The second-order valence-electron chi connectivity index (χ2n) is 18.4. The maximum atomic E-state index is 13.4. The molecule has 4 fully saturated rings. The van der Waals surface area contributed by atoms with E-state index in [1.807, 2.05) is 0 Å². The van der Waals surface area contributed by atoms with Gasteiger partial charge in [0.1, 0.15) is 0 Å². The number of allylic oxidation sites excluding steroid dienone is 2. The summed E-state index contributed by atoms with van der Waals surface area (Å²) in [6, 6.07) is 0. The molecule has 9 unspecified atom stereocenters. The normalized spacial score (nSPS) is 32.1. The number of carbonyl (C=O) groups is 5. The molecular weight excluding hydrogens is 727 g/mol. The highest BCUT2D eigenvalue weighted by Gasteiger charge is 2.63. The van der Waals surface area contributed by atoms with Gasteiger partial charge in [-0.2, -0.15) is 0 Å². The van der Waals surface area contributed by atoms with Gasteiger partial charge < -0.3 is 25.8 Å². The molecule has 4 aliphatic carbocycles. The fourth-order valence-electron chi connectivity index (χ4n) is 11.5. The number of unbranched alkanes of at least 4 members (excludes halogenated alkanes) is 6. The van der Waals surface area contributed by atoms with Crippen LogP contribution in [0.25, 0.3) is 0 Å². The summed E-state index contributed by atoms with van der Waals surface area (Å²) in [6.45, 7) is 11.7.